The van der Waals surface area contributed by atoms with Crippen molar-refractivity contribution < 1.29 is 19.4 Å². The third-order valence-corrected chi connectivity index (χ3v) is 0.889. The van der Waals surface area contributed by atoms with Gasteiger partial charge in [0.2, 0.25) is 5.91 Å². The first kappa shape index (κ1) is 9.86. The zero-order valence-corrected chi connectivity index (χ0v) is 6.07. The monoisotopic (exact) mass is 162 g/mol. The maximum Gasteiger partial charge on any atom is 0.359 e. The first-order valence-electron chi connectivity index (χ1n) is 2.86. The largest absolute Gasteiger partial charge is 0.370 e. The Labute approximate surface area is 63.4 Å². The van der Waals surface area contributed by atoms with Crippen molar-refractivity contribution in [3.8, 4) is 0 Å². The maximum atomic E-state index is 10.6. The zero-order chi connectivity index (χ0) is 8.85. The van der Waals surface area contributed by atoms with Crippen LogP contribution in [0.3, 0.4) is 0 Å². The summed E-state index contributed by atoms with van der Waals surface area (Å²) in [4.78, 5) is 28.9. The number of carbonyl (C=O) groups is 2. The number of primary amides is 1. The fourth-order valence-electron chi connectivity index (χ4n) is 0.444. The molecule has 64 valence electrons. The quantitative estimate of drug-likeness (QED) is 0.378. The molecule has 6 nitrogen and oxygen atoms in total. The lowest BCUT2D eigenvalue weighted by Gasteiger charge is -2.05. The molecule has 0 rings (SSSR count). The van der Waals surface area contributed by atoms with Gasteiger partial charge in [0, 0.05) is 0 Å². The summed E-state index contributed by atoms with van der Waals surface area (Å²) in [6.07, 6.45) is -0.248. The molecule has 0 saturated carbocycles. The molecule has 1 amide bonds. The first-order valence-corrected chi connectivity index (χ1v) is 2.86. The van der Waals surface area contributed by atoms with Crippen molar-refractivity contribution in [2.24, 2.45) is 11.5 Å². The lowest BCUT2D eigenvalue weighted by Crippen LogP contribution is -2.36. The fraction of sp³-hybridized carbons (Fsp3) is 0.600. The molecule has 0 aromatic rings. The first-order chi connectivity index (χ1) is 5.07. The van der Waals surface area contributed by atoms with Crippen molar-refractivity contribution in [2.45, 2.75) is 12.5 Å². The Kier molecular flexibility index (Phi) is 4.16. The smallest absolute Gasteiger partial charge is 0.359 e. The van der Waals surface area contributed by atoms with E-state index in [4.69, 9.17) is 11.5 Å². The predicted molar refractivity (Wildman–Crippen MR) is 34.9 cm³/mol. The average Bonchev–Trinajstić information content (AvgIpc) is 1.86. The molecule has 4 N–H and O–H groups in total. The van der Waals surface area contributed by atoms with Crippen molar-refractivity contribution in [2.75, 3.05) is 7.11 Å². The van der Waals surface area contributed by atoms with Crippen LogP contribution in [0.2, 0.25) is 0 Å². The predicted octanol–water partition coefficient (Wildman–Crippen LogP) is -1.71. The van der Waals surface area contributed by atoms with E-state index in [-0.39, 0.29) is 6.42 Å². The molecular weight excluding hydrogens is 152 g/mol. The van der Waals surface area contributed by atoms with Gasteiger partial charge in [-0.15, -0.1) is 0 Å². The summed E-state index contributed by atoms with van der Waals surface area (Å²) in [6, 6.07) is -1.05. The maximum absolute atomic E-state index is 10.6. The van der Waals surface area contributed by atoms with Crippen LogP contribution in [0.5, 0.6) is 0 Å². The summed E-state index contributed by atoms with van der Waals surface area (Å²) in [6.45, 7) is 0. The Morgan fingerprint density at radius 1 is 1.55 bits per heavy atom. The van der Waals surface area contributed by atoms with E-state index in [1.54, 1.807) is 0 Å². The van der Waals surface area contributed by atoms with Crippen LogP contribution in [-0.2, 0) is 19.4 Å². The van der Waals surface area contributed by atoms with Gasteiger partial charge in [-0.1, -0.05) is 0 Å². The van der Waals surface area contributed by atoms with Gasteiger partial charge in [0.1, 0.15) is 6.04 Å². The van der Waals surface area contributed by atoms with Crippen LogP contribution >= 0.6 is 0 Å². The van der Waals surface area contributed by atoms with Crippen LogP contribution in [0.25, 0.3) is 0 Å². The molecule has 1 unspecified atom stereocenters. The standard InChI is InChI=1S/C5H10N2O4/c1-10-11-5(9)3(6)2-4(7)8/h3H,2,6H2,1H3,(H2,7,8). The molecule has 11 heavy (non-hydrogen) atoms. The van der Waals surface area contributed by atoms with Crippen molar-refractivity contribution in [1.29, 1.82) is 0 Å². The molecule has 0 radical (unpaired) electrons. The van der Waals surface area contributed by atoms with Gasteiger partial charge in [-0.05, 0) is 0 Å². The molecule has 0 spiro atoms. The van der Waals surface area contributed by atoms with Gasteiger partial charge in [0.25, 0.3) is 0 Å². The second-order valence-corrected chi connectivity index (χ2v) is 1.85. The van der Waals surface area contributed by atoms with E-state index in [1.165, 1.54) is 0 Å². The van der Waals surface area contributed by atoms with Crippen LogP contribution in [0.1, 0.15) is 6.42 Å². The molecule has 0 aromatic carbocycles. The van der Waals surface area contributed by atoms with Crippen molar-refractivity contribution in [3.63, 3.8) is 0 Å². The fourth-order valence-corrected chi connectivity index (χ4v) is 0.444. The number of nitrogens with two attached hydrogens (primary N) is 2. The number of carbonyl (C=O) groups excluding carboxylic acids is 2. The zero-order valence-electron chi connectivity index (χ0n) is 6.07. The van der Waals surface area contributed by atoms with Gasteiger partial charge in [-0.2, -0.15) is 4.89 Å². The van der Waals surface area contributed by atoms with Gasteiger partial charge in [-0.25, -0.2) is 4.79 Å². The highest BCUT2D eigenvalue weighted by molar-refractivity contribution is 5.83. The van der Waals surface area contributed by atoms with Gasteiger partial charge in [0.05, 0.1) is 13.5 Å². The SMILES string of the molecule is COOC(=O)C(N)CC(N)=O. The third-order valence-electron chi connectivity index (χ3n) is 0.889. The molecule has 0 aliphatic rings. The summed E-state index contributed by atoms with van der Waals surface area (Å²) >= 11 is 0. The van der Waals surface area contributed by atoms with Gasteiger partial charge in [-0.3, -0.25) is 9.68 Å². The summed E-state index contributed by atoms with van der Waals surface area (Å²) in [5, 5.41) is 0. The highest BCUT2D eigenvalue weighted by Crippen LogP contribution is 1.90. The second kappa shape index (κ2) is 4.64. The summed E-state index contributed by atoms with van der Waals surface area (Å²) in [7, 11) is 1.16. The normalized spacial score (nSPS) is 12.2. The van der Waals surface area contributed by atoms with Gasteiger partial charge < -0.3 is 11.5 Å². The molecule has 0 aliphatic carbocycles. The van der Waals surface area contributed by atoms with Crippen LogP contribution in [0, 0.1) is 0 Å². The van der Waals surface area contributed by atoms with Crippen molar-refractivity contribution >= 4 is 11.9 Å². The van der Waals surface area contributed by atoms with Gasteiger partial charge >= 0.3 is 5.97 Å². The molecule has 0 bridgehead atoms. The number of hydrogen-bond donors (Lipinski definition) is 2. The molecule has 0 fully saturated rings. The molecule has 0 heterocycles. The highest BCUT2D eigenvalue weighted by atomic mass is 17.2. The molecular formula is C5H10N2O4. The average molecular weight is 162 g/mol. The van der Waals surface area contributed by atoms with Crippen molar-refractivity contribution in [1.82, 2.24) is 0 Å². The molecule has 1 atom stereocenters. The minimum Gasteiger partial charge on any atom is -0.370 e. The number of rotatable bonds is 4. The van der Waals surface area contributed by atoms with E-state index in [1.807, 2.05) is 0 Å². The summed E-state index contributed by atoms with van der Waals surface area (Å²) < 4.78 is 0. The lowest BCUT2D eigenvalue weighted by atomic mass is 10.2. The Morgan fingerprint density at radius 3 is 2.45 bits per heavy atom. The van der Waals surface area contributed by atoms with E-state index >= 15 is 0 Å². The van der Waals surface area contributed by atoms with E-state index in [0.29, 0.717) is 0 Å². The molecule has 6 heteroatoms. The van der Waals surface area contributed by atoms with E-state index < -0.39 is 17.9 Å². The Hall–Kier alpha value is -1.14. The number of hydrogen-bond acceptors (Lipinski definition) is 5. The van der Waals surface area contributed by atoms with Crippen LogP contribution in [0.15, 0.2) is 0 Å². The number of amides is 1. The lowest BCUT2D eigenvalue weighted by molar-refractivity contribution is -0.256. The van der Waals surface area contributed by atoms with Gasteiger partial charge in [0.15, 0.2) is 0 Å². The summed E-state index contributed by atoms with van der Waals surface area (Å²) in [5.41, 5.74) is 9.91. The van der Waals surface area contributed by atoms with Crippen molar-refractivity contribution in [3.05, 3.63) is 0 Å². The summed E-state index contributed by atoms with van der Waals surface area (Å²) in [5.74, 6) is -1.48. The minimum absolute atomic E-state index is 0.248. The van der Waals surface area contributed by atoms with E-state index in [9.17, 15) is 9.59 Å². The highest BCUT2D eigenvalue weighted by Gasteiger charge is 2.17. The van der Waals surface area contributed by atoms with E-state index in [0.717, 1.165) is 7.11 Å². The Bertz CT molecular complexity index is 159. The van der Waals surface area contributed by atoms with Crippen LogP contribution < -0.4 is 11.5 Å². The second-order valence-electron chi connectivity index (χ2n) is 1.85. The van der Waals surface area contributed by atoms with Crippen LogP contribution in [0.4, 0.5) is 0 Å². The minimum atomic E-state index is -1.05. The Morgan fingerprint density at radius 2 is 2.09 bits per heavy atom. The Balaban J connectivity index is 3.73. The topological polar surface area (TPSA) is 105 Å². The third kappa shape index (κ3) is 4.29. The molecule has 0 aromatic heterocycles. The van der Waals surface area contributed by atoms with Crippen LogP contribution in [-0.4, -0.2) is 25.0 Å². The molecule has 0 saturated heterocycles. The molecule has 0 aliphatic heterocycles. The van der Waals surface area contributed by atoms with E-state index in [2.05, 4.69) is 9.78 Å².